The van der Waals surface area contributed by atoms with E-state index < -0.39 is 0 Å². The fourth-order valence-electron chi connectivity index (χ4n) is 2.61. The van der Waals surface area contributed by atoms with E-state index in [4.69, 9.17) is 9.47 Å². The predicted octanol–water partition coefficient (Wildman–Crippen LogP) is 3.86. The molecule has 0 fully saturated rings. The minimum absolute atomic E-state index is 0.0386. The fourth-order valence-corrected chi connectivity index (χ4v) is 3.50. The minimum Gasteiger partial charge on any atom is -0.497 e. The molecular weight excluding hydrogens is 362 g/mol. The second-order valence-electron chi connectivity index (χ2n) is 5.95. The van der Waals surface area contributed by atoms with Gasteiger partial charge in [0.1, 0.15) is 11.5 Å². The molecule has 0 amide bonds. The standard InChI is InChI=1S/C20H21N3O3S/c1-13(18(24)14-5-9-16(25-3)10-6-14)27-20-22-21-19(23(20)2)15-7-11-17(26-4)12-8-15/h5-13H,1-4H3/t13-/m1/s1. The smallest absolute Gasteiger partial charge is 0.191 e. The summed E-state index contributed by atoms with van der Waals surface area (Å²) in [4.78, 5) is 12.7. The van der Waals surface area contributed by atoms with Crippen molar-refractivity contribution in [2.24, 2.45) is 7.05 Å². The van der Waals surface area contributed by atoms with E-state index in [2.05, 4.69) is 10.2 Å². The SMILES string of the molecule is COc1ccc(C(=O)[C@@H](C)Sc2nnc(-c3ccc(OC)cc3)n2C)cc1. The van der Waals surface area contributed by atoms with Crippen molar-refractivity contribution in [3.8, 4) is 22.9 Å². The number of hydrogen-bond donors (Lipinski definition) is 0. The van der Waals surface area contributed by atoms with Crippen molar-refractivity contribution in [3.63, 3.8) is 0 Å². The van der Waals surface area contributed by atoms with Gasteiger partial charge in [-0.05, 0) is 55.5 Å². The highest BCUT2D eigenvalue weighted by Gasteiger charge is 2.20. The third-order valence-electron chi connectivity index (χ3n) is 4.21. The van der Waals surface area contributed by atoms with Crippen LogP contribution in [0.2, 0.25) is 0 Å². The van der Waals surface area contributed by atoms with Crippen molar-refractivity contribution in [3.05, 3.63) is 54.1 Å². The lowest BCUT2D eigenvalue weighted by molar-refractivity contribution is 0.0994. The van der Waals surface area contributed by atoms with E-state index in [0.717, 1.165) is 22.9 Å². The van der Waals surface area contributed by atoms with Crippen LogP contribution < -0.4 is 9.47 Å². The molecule has 3 rings (SSSR count). The number of methoxy groups -OCH3 is 2. The van der Waals surface area contributed by atoms with Crippen LogP contribution in [0, 0.1) is 0 Å². The largest absolute Gasteiger partial charge is 0.497 e. The maximum atomic E-state index is 12.7. The lowest BCUT2D eigenvalue weighted by atomic mass is 10.1. The van der Waals surface area contributed by atoms with Crippen molar-refractivity contribution >= 4 is 17.5 Å². The number of hydrogen-bond acceptors (Lipinski definition) is 6. The molecular formula is C20H21N3O3S. The van der Waals surface area contributed by atoms with Gasteiger partial charge in [-0.15, -0.1) is 10.2 Å². The summed E-state index contributed by atoms with van der Waals surface area (Å²) in [6.07, 6.45) is 0. The molecule has 0 spiro atoms. The Hall–Kier alpha value is -2.80. The second kappa shape index (κ2) is 8.26. The van der Waals surface area contributed by atoms with Crippen molar-refractivity contribution in [1.82, 2.24) is 14.8 Å². The van der Waals surface area contributed by atoms with Gasteiger partial charge in [0.2, 0.25) is 0 Å². The average molecular weight is 383 g/mol. The van der Waals surface area contributed by atoms with Crippen LogP contribution in [0.15, 0.2) is 53.7 Å². The monoisotopic (exact) mass is 383 g/mol. The molecule has 0 radical (unpaired) electrons. The molecule has 0 saturated carbocycles. The molecule has 3 aromatic rings. The number of rotatable bonds is 7. The van der Waals surface area contributed by atoms with Crippen molar-refractivity contribution in [2.75, 3.05) is 14.2 Å². The van der Waals surface area contributed by atoms with Crippen LogP contribution in [0.1, 0.15) is 17.3 Å². The number of carbonyl (C=O) groups excluding carboxylic acids is 1. The summed E-state index contributed by atoms with van der Waals surface area (Å²) < 4.78 is 12.2. The van der Waals surface area contributed by atoms with Crippen LogP contribution in [-0.2, 0) is 7.05 Å². The van der Waals surface area contributed by atoms with Gasteiger partial charge < -0.3 is 14.0 Å². The summed E-state index contributed by atoms with van der Waals surface area (Å²) in [5, 5.41) is 8.93. The van der Waals surface area contributed by atoms with Crippen LogP contribution >= 0.6 is 11.8 Å². The van der Waals surface area contributed by atoms with E-state index >= 15 is 0 Å². The van der Waals surface area contributed by atoms with E-state index in [9.17, 15) is 4.79 Å². The van der Waals surface area contributed by atoms with Gasteiger partial charge >= 0.3 is 0 Å². The predicted molar refractivity (Wildman–Crippen MR) is 106 cm³/mol. The van der Waals surface area contributed by atoms with Gasteiger partial charge in [0, 0.05) is 18.2 Å². The number of nitrogens with zero attached hydrogens (tertiary/aromatic N) is 3. The van der Waals surface area contributed by atoms with Crippen LogP contribution in [-0.4, -0.2) is 40.0 Å². The molecule has 1 heterocycles. The zero-order valence-corrected chi connectivity index (χ0v) is 16.5. The van der Waals surface area contributed by atoms with Crippen molar-refractivity contribution in [2.45, 2.75) is 17.3 Å². The molecule has 0 aliphatic carbocycles. The normalized spacial score (nSPS) is 11.9. The Labute approximate surface area is 162 Å². The summed E-state index contributed by atoms with van der Waals surface area (Å²) >= 11 is 1.39. The first-order valence-electron chi connectivity index (χ1n) is 8.42. The maximum absolute atomic E-state index is 12.7. The highest BCUT2D eigenvalue weighted by molar-refractivity contribution is 8.00. The molecule has 2 aromatic carbocycles. The number of benzene rings is 2. The molecule has 0 bridgehead atoms. The number of aromatic nitrogens is 3. The molecule has 140 valence electrons. The Morgan fingerprint density at radius 3 is 2.07 bits per heavy atom. The summed E-state index contributed by atoms with van der Waals surface area (Å²) in [5.41, 5.74) is 1.58. The van der Waals surface area contributed by atoms with Gasteiger partial charge in [0.25, 0.3) is 0 Å². The topological polar surface area (TPSA) is 66.2 Å². The maximum Gasteiger partial charge on any atom is 0.191 e. The van der Waals surface area contributed by atoms with Crippen LogP contribution in [0.5, 0.6) is 11.5 Å². The Kier molecular flexibility index (Phi) is 5.81. The van der Waals surface area contributed by atoms with Crippen LogP contribution in [0.4, 0.5) is 0 Å². The summed E-state index contributed by atoms with van der Waals surface area (Å²) in [6, 6.07) is 14.8. The van der Waals surface area contributed by atoms with Gasteiger partial charge in [-0.25, -0.2) is 0 Å². The molecule has 27 heavy (non-hydrogen) atoms. The first kappa shape index (κ1) is 19.0. The number of ketones is 1. The first-order valence-corrected chi connectivity index (χ1v) is 9.30. The Morgan fingerprint density at radius 2 is 1.52 bits per heavy atom. The quantitative estimate of drug-likeness (QED) is 0.456. The Bertz CT molecular complexity index is 921. The van der Waals surface area contributed by atoms with E-state index in [1.54, 1.807) is 38.5 Å². The molecule has 0 N–H and O–H groups in total. The van der Waals surface area contributed by atoms with E-state index in [-0.39, 0.29) is 11.0 Å². The molecule has 7 heteroatoms. The molecule has 0 unspecified atom stereocenters. The first-order chi connectivity index (χ1) is 13.0. The van der Waals surface area contributed by atoms with Gasteiger partial charge in [0.05, 0.1) is 19.5 Å². The molecule has 1 atom stereocenters. The van der Waals surface area contributed by atoms with Crippen LogP contribution in [0.25, 0.3) is 11.4 Å². The van der Waals surface area contributed by atoms with Crippen molar-refractivity contribution in [1.29, 1.82) is 0 Å². The third kappa shape index (κ3) is 4.14. The number of carbonyl (C=O) groups is 1. The van der Waals surface area contributed by atoms with Gasteiger partial charge in [-0.2, -0.15) is 0 Å². The number of ether oxygens (including phenoxy) is 2. The zero-order chi connectivity index (χ0) is 19.4. The lowest BCUT2D eigenvalue weighted by Crippen LogP contribution is -2.14. The fraction of sp³-hybridized carbons (Fsp3) is 0.250. The molecule has 6 nitrogen and oxygen atoms in total. The molecule has 0 aliphatic heterocycles. The Morgan fingerprint density at radius 1 is 0.963 bits per heavy atom. The van der Waals surface area contributed by atoms with Gasteiger partial charge in [0.15, 0.2) is 16.8 Å². The molecule has 0 aliphatic rings. The molecule has 0 saturated heterocycles. The summed E-state index contributed by atoms with van der Waals surface area (Å²) in [6.45, 7) is 1.87. The lowest BCUT2D eigenvalue weighted by Gasteiger charge is -2.10. The van der Waals surface area contributed by atoms with E-state index in [1.807, 2.05) is 42.8 Å². The molecule has 1 aromatic heterocycles. The van der Waals surface area contributed by atoms with Crippen LogP contribution in [0.3, 0.4) is 0 Å². The number of thioether (sulfide) groups is 1. The summed E-state index contributed by atoms with van der Waals surface area (Å²) in [5.74, 6) is 2.29. The Balaban J connectivity index is 1.74. The highest BCUT2D eigenvalue weighted by atomic mass is 32.2. The van der Waals surface area contributed by atoms with Gasteiger partial charge in [-0.3, -0.25) is 4.79 Å². The highest BCUT2D eigenvalue weighted by Crippen LogP contribution is 2.28. The second-order valence-corrected chi connectivity index (χ2v) is 7.25. The summed E-state index contributed by atoms with van der Waals surface area (Å²) in [7, 11) is 5.13. The zero-order valence-electron chi connectivity index (χ0n) is 15.7. The third-order valence-corrected chi connectivity index (χ3v) is 5.34. The average Bonchev–Trinajstić information content (AvgIpc) is 3.07. The minimum atomic E-state index is -0.287. The van der Waals surface area contributed by atoms with E-state index in [0.29, 0.717) is 10.7 Å². The van der Waals surface area contributed by atoms with E-state index in [1.165, 1.54) is 11.8 Å². The van der Waals surface area contributed by atoms with Crippen molar-refractivity contribution < 1.29 is 14.3 Å². The van der Waals surface area contributed by atoms with Gasteiger partial charge in [-0.1, -0.05) is 11.8 Å². The number of Topliss-reactive ketones (excluding diaryl/α,β-unsaturated/α-hetero) is 1.